The quantitative estimate of drug-likeness (QED) is 0.238. The predicted molar refractivity (Wildman–Crippen MR) is 141 cm³/mol. The van der Waals surface area contributed by atoms with E-state index in [1.807, 2.05) is 30.5 Å². The van der Waals surface area contributed by atoms with Gasteiger partial charge in [-0.2, -0.15) is 4.31 Å². The Morgan fingerprint density at radius 3 is 2.69 bits per heavy atom. The molecule has 3 heterocycles. The van der Waals surface area contributed by atoms with E-state index in [-0.39, 0.29) is 21.9 Å². The molecule has 2 aromatic heterocycles. The van der Waals surface area contributed by atoms with E-state index < -0.39 is 10.0 Å². The van der Waals surface area contributed by atoms with Gasteiger partial charge in [0.2, 0.25) is 10.0 Å². The maximum absolute atomic E-state index is 13.5. The van der Waals surface area contributed by atoms with Crippen molar-refractivity contribution < 1.29 is 12.8 Å². The minimum Gasteiger partial charge on any atom is -0.330 e. The van der Waals surface area contributed by atoms with E-state index in [2.05, 4.69) is 30.5 Å². The van der Waals surface area contributed by atoms with Crippen LogP contribution in [0.3, 0.4) is 0 Å². The highest BCUT2D eigenvalue weighted by Crippen LogP contribution is 2.38. The number of imidazole rings is 1. The van der Waals surface area contributed by atoms with Crippen molar-refractivity contribution in [1.29, 1.82) is 0 Å². The van der Waals surface area contributed by atoms with Gasteiger partial charge in [0.25, 0.3) is 0 Å². The predicted octanol–water partition coefficient (Wildman–Crippen LogP) is 6.27. The highest BCUT2D eigenvalue weighted by atomic mass is 79.9. The zero-order valence-corrected chi connectivity index (χ0v) is 22.3. The first kappa shape index (κ1) is 25.1. The lowest BCUT2D eigenvalue weighted by Crippen LogP contribution is -2.30. The van der Waals surface area contributed by atoms with E-state index in [1.54, 1.807) is 22.8 Å². The summed E-state index contributed by atoms with van der Waals surface area (Å²) in [6.07, 6.45) is 7.13. The molecule has 0 aliphatic carbocycles. The lowest BCUT2D eigenvalue weighted by Gasteiger charge is -2.25. The number of sulfonamides is 1. The summed E-state index contributed by atoms with van der Waals surface area (Å²) in [6, 6.07) is 15.7. The zero-order chi connectivity index (χ0) is 25.3. The third-order valence-electron chi connectivity index (χ3n) is 6.42. The SMILES string of the molecule is O=S(=O)(c1cnc(Cl)c(Br)c1)N1CCCC1c1cccc(-c2cncn2CCc2ccc(F)cc2)c1. The van der Waals surface area contributed by atoms with Gasteiger partial charge in [-0.3, -0.25) is 0 Å². The summed E-state index contributed by atoms with van der Waals surface area (Å²) in [6.45, 7) is 1.13. The van der Waals surface area contributed by atoms with E-state index in [9.17, 15) is 12.8 Å². The summed E-state index contributed by atoms with van der Waals surface area (Å²) in [5, 5.41) is 0.218. The summed E-state index contributed by atoms with van der Waals surface area (Å²) in [5.41, 5.74) is 3.88. The van der Waals surface area contributed by atoms with Crippen molar-refractivity contribution in [2.75, 3.05) is 6.54 Å². The monoisotopic (exact) mass is 588 g/mol. The van der Waals surface area contributed by atoms with Crippen molar-refractivity contribution >= 4 is 37.6 Å². The van der Waals surface area contributed by atoms with Crippen molar-refractivity contribution in [2.24, 2.45) is 0 Å². The minimum absolute atomic E-state index is 0.112. The summed E-state index contributed by atoms with van der Waals surface area (Å²) in [7, 11) is -3.75. The molecule has 1 saturated heterocycles. The van der Waals surface area contributed by atoms with Crippen molar-refractivity contribution in [1.82, 2.24) is 18.8 Å². The van der Waals surface area contributed by atoms with Crippen LogP contribution in [-0.4, -0.2) is 33.8 Å². The normalized spacial score (nSPS) is 16.5. The molecule has 6 nitrogen and oxygen atoms in total. The molecule has 1 unspecified atom stereocenters. The molecule has 0 bridgehead atoms. The second-order valence-corrected chi connectivity index (χ2v) is 11.8. The van der Waals surface area contributed by atoms with Gasteiger partial charge in [0.05, 0.1) is 28.7 Å². The Balaban J connectivity index is 1.40. The standard InChI is InChI=1S/C26H23BrClFN4O2S/c27-23-14-22(15-31-26(23)28)36(34,35)33-11-2-5-24(33)19-3-1-4-20(13-19)25-16-30-17-32(25)12-10-18-6-8-21(29)9-7-18/h1,3-4,6-9,13-17,24H,2,5,10-12H2. The number of pyridine rings is 1. The summed E-state index contributed by atoms with van der Waals surface area (Å²) < 4.78 is 44.2. The largest absolute Gasteiger partial charge is 0.330 e. The molecule has 186 valence electrons. The van der Waals surface area contributed by atoms with Crippen molar-refractivity contribution in [3.05, 3.63) is 99.9 Å². The van der Waals surface area contributed by atoms with Crippen LogP contribution in [0.5, 0.6) is 0 Å². The summed E-state index contributed by atoms with van der Waals surface area (Å²) in [5.74, 6) is -0.248. The van der Waals surface area contributed by atoms with Crippen molar-refractivity contribution in [3.63, 3.8) is 0 Å². The first-order chi connectivity index (χ1) is 17.3. The van der Waals surface area contributed by atoms with Gasteiger partial charge >= 0.3 is 0 Å². The maximum atomic E-state index is 13.5. The summed E-state index contributed by atoms with van der Waals surface area (Å²) in [4.78, 5) is 8.45. The van der Waals surface area contributed by atoms with E-state index in [1.165, 1.54) is 24.4 Å². The van der Waals surface area contributed by atoms with E-state index in [0.717, 1.165) is 41.6 Å². The highest BCUT2D eigenvalue weighted by molar-refractivity contribution is 9.10. The van der Waals surface area contributed by atoms with Crippen LogP contribution in [0, 0.1) is 5.82 Å². The summed E-state index contributed by atoms with van der Waals surface area (Å²) >= 11 is 9.24. The van der Waals surface area contributed by atoms with E-state index >= 15 is 0 Å². The number of hydrogen-bond donors (Lipinski definition) is 0. The van der Waals surface area contributed by atoms with Crippen LogP contribution in [-0.2, 0) is 23.0 Å². The number of nitrogens with zero attached hydrogens (tertiary/aromatic N) is 4. The molecule has 36 heavy (non-hydrogen) atoms. The molecular formula is C26H23BrClFN4O2S. The minimum atomic E-state index is -3.75. The number of halogens is 3. The Kier molecular flexibility index (Phi) is 7.25. The van der Waals surface area contributed by atoms with E-state index in [4.69, 9.17) is 11.6 Å². The van der Waals surface area contributed by atoms with Gasteiger partial charge in [-0.25, -0.2) is 22.8 Å². The zero-order valence-electron chi connectivity index (χ0n) is 19.2. The number of hydrogen-bond acceptors (Lipinski definition) is 4. The Morgan fingerprint density at radius 1 is 1.11 bits per heavy atom. The molecular weight excluding hydrogens is 567 g/mol. The topological polar surface area (TPSA) is 68.1 Å². The van der Waals surface area contributed by atoms with Crippen LogP contribution in [0.25, 0.3) is 11.3 Å². The van der Waals surface area contributed by atoms with Crippen LogP contribution >= 0.6 is 27.5 Å². The molecule has 0 N–H and O–H groups in total. The fraction of sp³-hybridized carbons (Fsp3) is 0.231. The lowest BCUT2D eigenvalue weighted by atomic mass is 10.0. The molecule has 0 radical (unpaired) electrons. The molecule has 0 spiro atoms. The van der Waals surface area contributed by atoms with Gasteiger partial charge in [-0.05, 0) is 70.6 Å². The average Bonchev–Trinajstić information content (AvgIpc) is 3.56. The second kappa shape index (κ2) is 10.4. The number of aromatic nitrogens is 3. The van der Waals surface area contributed by atoms with Crippen LogP contribution in [0.15, 0.2) is 82.7 Å². The van der Waals surface area contributed by atoms with Crippen LogP contribution in [0.1, 0.15) is 30.0 Å². The molecule has 1 atom stereocenters. The molecule has 0 amide bonds. The average molecular weight is 590 g/mol. The van der Waals surface area contributed by atoms with Crippen LogP contribution < -0.4 is 0 Å². The Bertz CT molecular complexity index is 1490. The Labute approximate surface area is 223 Å². The molecule has 10 heteroatoms. The molecule has 0 saturated carbocycles. The smallest absolute Gasteiger partial charge is 0.245 e. The fourth-order valence-electron chi connectivity index (χ4n) is 4.59. The van der Waals surface area contributed by atoms with Gasteiger partial charge in [0, 0.05) is 24.8 Å². The van der Waals surface area contributed by atoms with Gasteiger partial charge in [-0.15, -0.1) is 0 Å². The molecule has 1 aliphatic heterocycles. The van der Waals surface area contributed by atoms with Gasteiger partial charge < -0.3 is 4.57 Å². The fourth-order valence-corrected chi connectivity index (χ4v) is 6.85. The highest BCUT2D eigenvalue weighted by Gasteiger charge is 2.36. The van der Waals surface area contributed by atoms with Gasteiger partial charge in [0.1, 0.15) is 15.9 Å². The van der Waals surface area contributed by atoms with Gasteiger partial charge in [-0.1, -0.05) is 41.9 Å². The maximum Gasteiger partial charge on any atom is 0.245 e. The first-order valence-corrected chi connectivity index (χ1v) is 14.1. The van der Waals surface area contributed by atoms with Gasteiger partial charge in [0.15, 0.2) is 0 Å². The molecule has 1 aliphatic rings. The number of benzene rings is 2. The van der Waals surface area contributed by atoms with Crippen LogP contribution in [0.2, 0.25) is 5.15 Å². The second-order valence-electron chi connectivity index (χ2n) is 8.69. The third-order valence-corrected chi connectivity index (χ3v) is 9.42. The van der Waals surface area contributed by atoms with Crippen LogP contribution in [0.4, 0.5) is 4.39 Å². The molecule has 1 fully saturated rings. The van der Waals surface area contributed by atoms with Crippen molar-refractivity contribution in [3.8, 4) is 11.3 Å². The Hall–Kier alpha value is -2.59. The first-order valence-electron chi connectivity index (χ1n) is 11.5. The molecule has 5 rings (SSSR count). The molecule has 4 aromatic rings. The molecule has 2 aromatic carbocycles. The van der Waals surface area contributed by atoms with Crippen molar-refractivity contribution in [2.45, 2.75) is 36.7 Å². The van der Waals surface area contributed by atoms with E-state index in [0.29, 0.717) is 17.6 Å². The Morgan fingerprint density at radius 2 is 1.92 bits per heavy atom. The number of rotatable bonds is 7. The third kappa shape index (κ3) is 5.11. The lowest BCUT2D eigenvalue weighted by molar-refractivity contribution is 0.396. The number of aryl methyl sites for hydroxylation is 2.